The van der Waals surface area contributed by atoms with Gasteiger partial charge in [-0.05, 0) is 55.0 Å². The number of benzene rings is 1. The smallest absolute Gasteiger partial charge is 0.338 e. The second kappa shape index (κ2) is 11.5. The van der Waals surface area contributed by atoms with E-state index in [-0.39, 0.29) is 17.7 Å². The number of aromatic carboxylic acids is 1. The number of hydrogen-bond donors (Lipinski definition) is 1. The van der Waals surface area contributed by atoms with E-state index in [0.717, 1.165) is 42.7 Å². The van der Waals surface area contributed by atoms with E-state index in [4.69, 9.17) is 14.6 Å². The van der Waals surface area contributed by atoms with Crippen LogP contribution in [0.1, 0.15) is 41.9 Å². The average molecular weight is 588 g/mol. The molecule has 1 aliphatic rings. The minimum Gasteiger partial charge on any atom is -0.478 e. The molecule has 1 aliphatic carbocycles. The highest BCUT2D eigenvalue weighted by Crippen LogP contribution is 2.40. The number of carboxylic acids is 1. The fraction of sp³-hybridized carbons (Fsp3) is 0.600. The van der Waals surface area contributed by atoms with Crippen LogP contribution in [0, 0.1) is 11.2 Å². The van der Waals surface area contributed by atoms with Crippen LogP contribution in [0.25, 0.3) is 22.3 Å². The third kappa shape index (κ3) is 7.32. The molecular formula is C30H46FN3O4Si2. The molecule has 0 saturated heterocycles. The summed E-state index contributed by atoms with van der Waals surface area (Å²) >= 11 is 0. The fourth-order valence-corrected chi connectivity index (χ4v) is 6.67. The summed E-state index contributed by atoms with van der Waals surface area (Å²) in [5, 5.41) is 15.3. The fourth-order valence-electron chi connectivity index (χ4n) is 5.16. The van der Waals surface area contributed by atoms with Crippen LogP contribution in [0.3, 0.4) is 0 Å². The van der Waals surface area contributed by atoms with Crippen LogP contribution in [-0.2, 0) is 35.8 Å². The quantitative estimate of drug-likeness (QED) is 0.176. The van der Waals surface area contributed by atoms with E-state index in [1.807, 2.05) is 15.3 Å². The van der Waals surface area contributed by atoms with E-state index in [1.54, 1.807) is 0 Å². The number of aromatic nitrogens is 3. The second-order valence-electron chi connectivity index (χ2n) is 14.5. The molecule has 1 N–H and O–H groups in total. The average Bonchev–Trinajstić information content (AvgIpc) is 3.33. The number of hydrogen-bond acceptors (Lipinski definition) is 4. The van der Waals surface area contributed by atoms with Crippen LogP contribution in [0.15, 0.2) is 18.2 Å². The first kappa shape index (κ1) is 30.7. The zero-order valence-electron chi connectivity index (χ0n) is 25.5. The molecule has 7 nitrogen and oxygen atoms in total. The maximum absolute atomic E-state index is 14.7. The second-order valence-corrected chi connectivity index (χ2v) is 25.7. The van der Waals surface area contributed by atoms with Crippen molar-refractivity contribution in [1.82, 2.24) is 14.3 Å². The Morgan fingerprint density at radius 1 is 1.02 bits per heavy atom. The lowest BCUT2D eigenvalue weighted by molar-refractivity contribution is 0.0691. The Labute approximate surface area is 239 Å². The molecule has 0 radical (unpaired) electrons. The van der Waals surface area contributed by atoms with Crippen molar-refractivity contribution in [1.29, 1.82) is 0 Å². The van der Waals surface area contributed by atoms with Crippen LogP contribution in [0.5, 0.6) is 0 Å². The molecule has 0 atom stereocenters. The van der Waals surface area contributed by atoms with Crippen LogP contribution in [0.2, 0.25) is 51.4 Å². The third-order valence-electron chi connectivity index (χ3n) is 7.75. The molecule has 0 saturated carbocycles. The number of rotatable bonds is 12. The van der Waals surface area contributed by atoms with Crippen molar-refractivity contribution in [3.05, 3.63) is 40.8 Å². The van der Waals surface area contributed by atoms with Crippen molar-refractivity contribution in [2.45, 2.75) is 97.9 Å². The number of carboxylic acid groups (broad SMARTS) is 1. The molecule has 2 heterocycles. The molecule has 4 rings (SSSR count). The van der Waals surface area contributed by atoms with Crippen molar-refractivity contribution in [2.24, 2.45) is 5.41 Å². The Hall–Kier alpha value is -2.28. The number of halogens is 1. The summed E-state index contributed by atoms with van der Waals surface area (Å²) < 4.78 is 31.0. The van der Waals surface area contributed by atoms with Gasteiger partial charge in [-0.3, -0.25) is 0 Å². The monoisotopic (exact) mass is 587 g/mol. The molecule has 0 spiro atoms. The van der Waals surface area contributed by atoms with E-state index in [9.17, 15) is 14.3 Å². The number of ether oxygens (including phenoxy) is 2. The highest BCUT2D eigenvalue weighted by atomic mass is 28.3. The Morgan fingerprint density at radius 2 is 1.65 bits per heavy atom. The first-order valence-corrected chi connectivity index (χ1v) is 21.8. The SMILES string of the molecule is CC1(C)CCc2c(-c3cc4cc(F)c(C(=O)O)cc4n3COCC[Si](C)(C)C)nn(COCC[Si](C)(C)C)c2C1. The molecule has 220 valence electrons. The van der Waals surface area contributed by atoms with Crippen molar-refractivity contribution in [2.75, 3.05) is 13.2 Å². The van der Waals surface area contributed by atoms with E-state index in [1.165, 1.54) is 23.4 Å². The minimum absolute atomic E-state index is 0.159. The summed E-state index contributed by atoms with van der Waals surface area (Å²) in [4.78, 5) is 11.8. The molecule has 40 heavy (non-hydrogen) atoms. The number of carbonyl (C=O) groups is 1. The Kier molecular flexibility index (Phi) is 8.85. The van der Waals surface area contributed by atoms with Crippen LogP contribution in [0.4, 0.5) is 4.39 Å². The zero-order valence-corrected chi connectivity index (χ0v) is 27.5. The van der Waals surface area contributed by atoms with Crippen LogP contribution >= 0.6 is 0 Å². The maximum Gasteiger partial charge on any atom is 0.338 e. The van der Waals surface area contributed by atoms with Gasteiger partial charge in [-0.15, -0.1) is 0 Å². The van der Waals surface area contributed by atoms with Gasteiger partial charge in [-0.25, -0.2) is 13.9 Å². The van der Waals surface area contributed by atoms with Gasteiger partial charge in [-0.1, -0.05) is 53.1 Å². The van der Waals surface area contributed by atoms with Gasteiger partial charge >= 0.3 is 5.97 Å². The zero-order chi connectivity index (χ0) is 29.5. The lowest BCUT2D eigenvalue weighted by Crippen LogP contribution is -2.25. The predicted octanol–water partition coefficient (Wildman–Crippen LogP) is 7.48. The standard InChI is InChI=1S/C30H46FN3O4Si2/c1-30(2)10-9-22-27(18-30)34(20-38-12-14-40(6,7)8)32-28(22)26-16-21-15-24(31)23(29(35)36)17-25(21)33(26)19-37-11-13-39(3,4)5/h15-17H,9-14,18-20H2,1-8H3,(H,35,36). The van der Waals surface area contributed by atoms with Crippen LogP contribution < -0.4 is 0 Å². The molecule has 0 amide bonds. The minimum atomic E-state index is -1.29. The van der Waals surface area contributed by atoms with Gasteiger partial charge in [0, 0.05) is 46.0 Å². The van der Waals surface area contributed by atoms with Crippen LogP contribution in [-0.4, -0.2) is 54.8 Å². The number of nitrogens with zero attached hydrogens (tertiary/aromatic N) is 3. The molecular weight excluding hydrogens is 542 g/mol. The summed E-state index contributed by atoms with van der Waals surface area (Å²) in [6.45, 7) is 20.5. The van der Waals surface area contributed by atoms with Crippen molar-refractivity contribution in [3.63, 3.8) is 0 Å². The topological polar surface area (TPSA) is 78.5 Å². The van der Waals surface area contributed by atoms with Gasteiger partial charge < -0.3 is 19.1 Å². The highest BCUT2D eigenvalue weighted by Gasteiger charge is 2.33. The van der Waals surface area contributed by atoms with E-state index in [2.05, 4.69) is 53.1 Å². The lowest BCUT2D eigenvalue weighted by Gasteiger charge is -2.30. The first-order valence-electron chi connectivity index (χ1n) is 14.4. The molecule has 0 fully saturated rings. The van der Waals surface area contributed by atoms with Crippen molar-refractivity contribution >= 4 is 33.0 Å². The third-order valence-corrected chi connectivity index (χ3v) is 11.2. The normalized spacial score (nSPS) is 15.5. The molecule has 3 aromatic rings. The Morgan fingerprint density at radius 3 is 2.25 bits per heavy atom. The van der Waals surface area contributed by atoms with E-state index >= 15 is 0 Å². The largest absolute Gasteiger partial charge is 0.478 e. The predicted molar refractivity (Wildman–Crippen MR) is 164 cm³/mol. The molecule has 2 aromatic heterocycles. The summed E-state index contributed by atoms with van der Waals surface area (Å²) in [7, 11) is -2.50. The van der Waals surface area contributed by atoms with Gasteiger partial charge in [0.25, 0.3) is 0 Å². The first-order chi connectivity index (χ1) is 18.5. The molecule has 10 heteroatoms. The number of fused-ring (bicyclic) bond motifs is 2. The Balaban J connectivity index is 1.77. The molecule has 0 bridgehead atoms. The van der Waals surface area contributed by atoms with Gasteiger partial charge in [-0.2, -0.15) is 5.10 Å². The van der Waals surface area contributed by atoms with Gasteiger partial charge in [0.05, 0.1) is 16.8 Å². The molecule has 0 unspecified atom stereocenters. The van der Waals surface area contributed by atoms with Gasteiger partial charge in [0.1, 0.15) is 25.0 Å². The summed E-state index contributed by atoms with van der Waals surface area (Å²) in [5.74, 6) is -2.03. The van der Waals surface area contributed by atoms with E-state index < -0.39 is 27.9 Å². The van der Waals surface area contributed by atoms with Crippen molar-refractivity contribution < 1.29 is 23.8 Å². The van der Waals surface area contributed by atoms with Crippen molar-refractivity contribution in [3.8, 4) is 11.4 Å². The maximum atomic E-state index is 14.7. The molecule has 1 aromatic carbocycles. The highest BCUT2D eigenvalue weighted by molar-refractivity contribution is 6.76. The summed E-state index contributed by atoms with van der Waals surface area (Å²) in [5.41, 5.74) is 4.50. The van der Waals surface area contributed by atoms with E-state index in [0.29, 0.717) is 30.8 Å². The summed E-state index contributed by atoms with van der Waals surface area (Å²) in [6, 6.07) is 6.77. The Bertz CT molecular complexity index is 1380. The lowest BCUT2D eigenvalue weighted by atomic mass is 9.76. The molecule has 0 aliphatic heterocycles. The van der Waals surface area contributed by atoms with Gasteiger partial charge in [0.15, 0.2) is 0 Å². The van der Waals surface area contributed by atoms with Gasteiger partial charge in [0.2, 0.25) is 0 Å². The summed E-state index contributed by atoms with van der Waals surface area (Å²) in [6.07, 6.45) is 2.83.